The first-order valence-corrected chi connectivity index (χ1v) is 5.67. The molecule has 0 fully saturated rings. The second-order valence-electron chi connectivity index (χ2n) is 4.06. The molecule has 5 heteroatoms. The normalized spacial score (nSPS) is 11.2. The molecule has 5 nitrogen and oxygen atoms in total. The van der Waals surface area contributed by atoms with E-state index in [9.17, 15) is 4.79 Å². The molecule has 18 heavy (non-hydrogen) atoms. The Bertz CT molecular complexity index is 761. The molecule has 0 saturated heterocycles. The fourth-order valence-corrected chi connectivity index (χ4v) is 2.13. The lowest BCUT2D eigenvalue weighted by Gasteiger charge is -2.04. The standard InChI is InChI=1S/C13H11N3O2/c1-2-16-7-15-11-6-14-10-5-8(13(17)18)3-4-9(10)12(11)16/h3-7H,2H2,1H3,(H,17,18). The van der Waals surface area contributed by atoms with Gasteiger partial charge in [-0.05, 0) is 25.1 Å². The highest BCUT2D eigenvalue weighted by Gasteiger charge is 2.10. The molecular weight excluding hydrogens is 230 g/mol. The summed E-state index contributed by atoms with van der Waals surface area (Å²) in [4.78, 5) is 19.5. The lowest BCUT2D eigenvalue weighted by Crippen LogP contribution is -1.97. The number of carboxylic acid groups (broad SMARTS) is 1. The van der Waals surface area contributed by atoms with Crippen molar-refractivity contribution in [2.75, 3.05) is 0 Å². The first-order chi connectivity index (χ1) is 8.70. The fraction of sp³-hybridized carbons (Fsp3) is 0.154. The molecule has 2 aromatic heterocycles. The van der Waals surface area contributed by atoms with Gasteiger partial charge in [0.15, 0.2) is 0 Å². The van der Waals surface area contributed by atoms with Crippen LogP contribution < -0.4 is 0 Å². The van der Waals surface area contributed by atoms with E-state index in [0.29, 0.717) is 5.52 Å². The van der Waals surface area contributed by atoms with E-state index in [1.807, 2.05) is 11.5 Å². The molecule has 0 radical (unpaired) electrons. The van der Waals surface area contributed by atoms with E-state index in [1.165, 1.54) is 0 Å². The van der Waals surface area contributed by atoms with Crippen LogP contribution in [0.4, 0.5) is 0 Å². The van der Waals surface area contributed by atoms with Crippen LogP contribution in [-0.4, -0.2) is 25.6 Å². The zero-order chi connectivity index (χ0) is 12.7. The molecule has 0 bridgehead atoms. The lowest BCUT2D eigenvalue weighted by atomic mass is 10.1. The van der Waals surface area contributed by atoms with Gasteiger partial charge in [-0.2, -0.15) is 0 Å². The Kier molecular flexibility index (Phi) is 2.26. The van der Waals surface area contributed by atoms with Crippen LogP contribution in [-0.2, 0) is 6.54 Å². The van der Waals surface area contributed by atoms with Crippen molar-refractivity contribution >= 4 is 27.9 Å². The first kappa shape index (κ1) is 10.7. The molecule has 0 aliphatic rings. The Hall–Kier alpha value is -2.43. The highest BCUT2D eigenvalue weighted by atomic mass is 16.4. The second kappa shape index (κ2) is 3.80. The summed E-state index contributed by atoms with van der Waals surface area (Å²) in [5.41, 5.74) is 2.75. The zero-order valence-corrected chi connectivity index (χ0v) is 9.79. The van der Waals surface area contributed by atoms with Crippen LogP contribution in [0.25, 0.3) is 21.9 Å². The van der Waals surface area contributed by atoms with Gasteiger partial charge in [0, 0.05) is 11.9 Å². The van der Waals surface area contributed by atoms with Crippen LogP contribution in [0.1, 0.15) is 17.3 Å². The van der Waals surface area contributed by atoms with E-state index >= 15 is 0 Å². The summed E-state index contributed by atoms with van der Waals surface area (Å²) in [6.45, 7) is 2.86. The van der Waals surface area contributed by atoms with E-state index in [0.717, 1.165) is 23.0 Å². The third-order valence-corrected chi connectivity index (χ3v) is 3.03. The number of rotatable bonds is 2. The van der Waals surface area contributed by atoms with Crippen molar-refractivity contribution < 1.29 is 9.90 Å². The maximum atomic E-state index is 10.9. The third-order valence-electron chi connectivity index (χ3n) is 3.03. The number of hydrogen-bond acceptors (Lipinski definition) is 3. The van der Waals surface area contributed by atoms with E-state index in [4.69, 9.17) is 5.11 Å². The van der Waals surface area contributed by atoms with Crippen LogP contribution in [0.2, 0.25) is 0 Å². The average molecular weight is 241 g/mol. The van der Waals surface area contributed by atoms with Crippen LogP contribution >= 0.6 is 0 Å². The minimum Gasteiger partial charge on any atom is -0.478 e. The second-order valence-corrected chi connectivity index (χ2v) is 4.06. The number of pyridine rings is 1. The Morgan fingerprint density at radius 1 is 1.33 bits per heavy atom. The molecule has 0 aliphatic carbocycles. The van der Waals surface area contributed by atoms with Crippen molar-refractivity contribution in [2.45, 2.75) is 13.5 Å². The van der Waals surface area contributed by atoms with E-state index in [1.54, 1.807) is 30.7 Å². The van der Waals surface area contributed by atoms with Gasteiger partial charge in [0.2, 0.25) is 0 Å². The summed E-state index contributed by atoms with van der Waals surface area (Å²) in [5.74, 6) is -0.942. The number of hydrogen-bond donors (Lipinski definition) is 1. The van der Waals surface area contributed by atoms with Gasteiger partial charge in [-0.3, -0.25) is 4.98 Å². The number of aromatic nitrogens is 3. The van der Waals surface area contributed by atoms with Gasteiger partial charge >= 0.3 is 5.97 Å². The Balaban J connectivity index is 2.40. The summed E-state index contributed by atoms with van der Waals surface area (Å²) in [7, 11) is 0. The molecule has 90 valence electrons. The third kappa shape index (κ3) is 1.44. The number of fused-ring (bicyclic) bond motifs is 3. The summed E-state index contributed by atoms with van der Waals surface area (Å²) < 4.78 is 2.03. The molecule has 0 unspecified atom stereocenters. The number of nitrogens with zero attached hydrogens (tertiary/aromatic N) is 3. The van der Waals surface area contributed by atoms with Crippen LogP contribution in [0.3, 0.4) is 0 Å². The van der Waals surface area contributed by atoms with Crippen LogP contribution in [0, 0.1) is 0 Å². The molecule has 0 aliphatic heterocycles. The van der Waals surface area contributed by atoms with Gasteiger partial charge in [0.25, 0.3) is 0 Å². The molecule has 1 aromatic carbocycles. The van der Waals surface area contributed by atoms with Gasteiger partial charge in [0.1, 0.15) is 5.52 Å². The average Bonchev–Trinajstić information content (AvgIpc) is 2.81. The zero-order valence-electron chi connectivity index (χ0n) is 9.79. The van der Waals surface area contributed by atoms with Crippen molar-refractivity contribution in [1.29, 1.82) is 0 Å². The van der Waals surface area contributed by atoms with Gasteiger partial charge in [0.05, 0.1) is 29.1 Å². The molecule has 0 spiro atoms. The molecule has 1 N–H and O–H groups in total. The fourth-order valence-electron chi connectivity index (χ4n) is 2.13. The number of carbonyl (C=O) groups is 1. The molecule has 3 aromatic rings. The SMILES string of the molecule is CCn1cnc2cnc3cc(C(=O)O)ccc3c21. The quantitative estimate of drug-likeness (QED) is 0.747. The highest BCUT2D eigenvalue weighted by molar-refractivity contribution is 6.04. The molecule has 0 atom stereocenters. The molecule has 3 rings (SSSR count). The summed E-state index contributed by atoms with van der Waals surface area (Å²) in [5, 5.41) is 9.90. The van der Waals surface area contributed by atoms with Gasteiger partial charge in [-0.25, -0.2) is 9.78 Å². The Morgan fingerprint density at radius 3 is 2.89 bits per heavy atom. The van der Waals surface area contributed by atoms with Crippen molar-refractivity contribution in [3.63, 3.8) is 0 Å². The van der Waals surface area contributed by atoms with Crippen LogP contribution in [0.5, 0.6) is 0 Å². The minimum absolute atomic E-state index is 0.247. The van der Waals surface area contributed by atoms with E-state index in [2.05, 4.69) is 9.97 Å². The largest absolute Gasteiger partial charge is 0.478 e. The molecule has 2 heterocycles. The topological polar surface area (TPSA) is 68.0 Å². The predicted molar refractivity (Wildman–Crippen MR) is 67.7 cm³/mol. The number of aryl methyl sites for hydroxylation is 1. The number of benzene rings is 1. The molecule has 0 amide bonds. The van der Waals surface area contributed by atoms with Crippen molar-refractivity contribution in [1.82, 2.24) is 14.5 Å². The van der Waals surface area contributed by atoms with Crippen molar-refractivity contribution in [2.24, 2.45) is 0 Å². The monoisotopic (exact) mass is 241 g/mol. The first-order valence-electron chi connectivity index (χ1n) is 5.67. The Labute approximate surface area is 103 Å². The van der Waals surface area contributed by atoms with Gasteiger partial charge in [-0.15, -0.1) is 0 Å². The van der Waals surface area contributed by atoms with Crippen LogP contribution in [0.15, 0.2) is 30.7 Å². The predicted octanol–water partition coefficient (Wildman–Crippen LogP) is 2.30. The van der Waals surface area contributed by atoms with Gasteiger partial charge in [-0.1, -0.05) is 0 Å². The van der Waals surface area contributed by atoms with Crippen molar-refractivity contribution in [3.05, 3.63) is 36.3 Å². The molecular formula is C13H11N3O2. The Morgan fingerprint density at radius 2 is 2.17 bits per heavy atom. The van der Waals surface area contributed by atoms with E-state index < -0.39 is 5.97 Å². The number of carboxylic acids is 1. The molecule has 0 saturated carbocycles. The minimum atomic E-state index is -0.942. The van der Waals surface area contributed by atoms with Crippen molar-refractivity contribution in [3.8, 4) is 0 Å². The maximum absolute atomic E-state index is 10.9. The van der Waals surface area contributed by atoms with Gasteiger partial charge < -0.3 is 9.67 Å². The summed E-state index contributed by atoms with van der Waals surface area (Å²) in [6, 6.07) is 4.98. The number of imidazole rings is 1. The van der Waals surface area contributed by atoms with E-state index in [-0.39, 0.29) is 5.56 Å². The highest BCUT2D eigenvalue weighted by Crippen LogP contribution is 2.23. The summed E-state index contributed by atoms with van der Waals surface area (Å²) >= 11 is 0. The maximum Gasteiger partial charge on any atom is 0.335 e. The number of aromatic carboxylic acids is 1. The lowest BCUT2D eigenvalue weighted by molar-refractivity contribution is 0.0697. The summed E-state index contributed by atoms with van der Waals surface area (Å²) in [6.07, 6.45) is 3.45. The smallest absolute Gasteiger partial charge is 0.335 e.